The van der Waals surface area contributed by atoms with Crippen molar-refractivity contribution in [2.75, 3.05) is 5.32 Å². The number of carbonyl (C=O) groups is 2. The summed E-state index contributed by atoms with van der Waals surface area (Å²) in [4.78, 5) is 45.2. The maximum absolute atomic E-state index is 14.0. The summed E-state index contributed by atoms with van der Waals surface area (Å²) in [7, 11) is 0. The van der Waals surface area contributed by atoms with Gasteiger partial charge in [-0.3, -0.25) is 19.1 Å². The standard InChI is InChI=1S/C26H30F3N7O3/c1-14(2)36-18(9-11-32-36)24(38)34-21(20(15-5-6-15)16-7-8-16)25(39)33-19-12-35(13-31-19)22(26(27,28)29)17-4-3-10-30-23(17)37/h3-4,9-16,20-22H,5-8H2,1-2H3,(H,30,37)(H,33,39)(H,34,38). The Hall–Kier alpha value is -3.90. The molecule has 2 saturated carbocycles. The molecule has 3 aromatic rings. The summed E-state index contributed by atoms with van der Waals surface area (Å²) in [5.74, 6) is -0.607. The van der Waals surface area contributed by atoms with Gasteiger partial charge in [0.2, 0.25) is 5.91 Å². The predicted molar refractivity (Wildman–Crippen MR) is 135 cm³/mol. The number of amides is 2. The molecular weight excluding hydrogens is 515 g/mol. The van der Waals surface area contributed by atoms with Gasteiger partial charge in [-0.1, -0.05) is 0 Å². The molecular formula is C26H30F3N7O3. The van der Waals surface area contributed by atoms with Gasteiger partial charge in [0, 0.05) is 30.2 Å². The quantitative estimate of drug-likeness (QED) is 0.358. The Labute approximate surface area is 222 Å². The fourth-order valence-electron chi connectivity index (χ4n) is 5.25. The number of H-pyrrole nitrogens is 1. The van der Waals surface area contributed by atoms with Crippen LogP contribution in [0, 0.1) is 17.8 Å². The van der Waals surface area contributed by atoms with Gasteiger partial charge in [-0.25, -0.2) is 4.98 Å². The number of halogens is 3. The van der Waals surface area contributed by atoms with Crippen LogP contribution in [0.3, 0.4) is 0 Å². The molecule has 5 rings (SSSR count). The predicted octanol–water partition coefficient (Wildman–Crippen LogP) is 3.67. The number of hydrogen-bond donors (Lipinski definition) is 3. The molecule has 208 valence electrons. The summed E-state index contributed by atoms with van der Waals surface area (Å²) < 4.78 is 44.3. The van der Waals surface area contributed by atoms with E-state index in [1.807, 2.05) is 13.8 Å². The Balaban J connectivity index is 1.40. The Kier molecular flexibility index (Phi) is 7.08. The number of imidazole rings is 1. The molecule has 0 aromatic carbocycles. The molecule has 0 spiro atoms. The average Bonchev–Trinajstić information content (AvgIpc) is 3.79. The third kappa shape index (κ3) is 5.76. The van der Waals surface area contributed by atoms with Crippen molar-refractivity contribution in [3.05, 3.63) is 64.7 Å². The maximum Gasteiger partial charge on any atom is 0.413 e. The van der Waals surface area contributed by atoms with Crippen molar-refractivity contribution in [1.82, 2.24) is 29.6 Å². The minimum atomic E-state index is -4.80. The molecule has 0 radical (unpaired) electrons. The monoisotopic (exact) mass is 545 g/mol. The topological polar surface area (TPSA) is 127 Å². The first-order valence-electron chi connectivity index (χ1n) is 13.0. The van der Waals surface area contributed by atoms with E-state index in [9.17, 15) is 27.6 Å². The summed E-state index contributed by atoms with van der Waals surface area (Å²) in [6.45, 7) is 3.78. The van der Waals surface area contributed by atoms with Crippen molar-refractivity contribution in [2.24, 2.45) is 17.8 Å². The van der Waals surface area contributed by atoms with Crippen molar-refractivity contribution >= 4 is 17.6 Å². The number of rotatable bonds is 10. The molecule has 2 aliphatic rings. The number of pyridine rings is 1. The van der Waals surface area contributed by atoms with Gasteiger partial charge in [0.1, 0.15) is 11.7 Å². The Bertz CT molecular complexity index is 1390. The zero-order valence-electron chi connectivity index (χ0n) is 21.5. The van der Waals surface area contributed by atoms with Crippen LogP contribution in [0.2, 0.25) is 0 Å². The fraction of sp³-hybridized carbons (Fsp3) is 0.500. The zero-order valence-corrected chi connectivity index (χ0v) is 21.5. The first-order chi connectivity index (χ1) is 18.5. The molecule has 39 heavy (non-hydrogen) atoms. The van der Waals surface area contributed by atoms with Gasteiger partial charge in [0.25, 0.3) is 11.5 Å². The lowest BCUT2D eigenvalue weighted by Gasteiger charge is -2.27. The highest BCUT2D eigenvalue weighted by Crippen LogP contribution is 2.51. The first kappa shape index (κ1) is 26.7. The van der Waals surface area contributed by atoms with Gasteiger partial charge < -0.3 is 20.2 Å². The molecule has 0 aliphatic heterocycles. The van der Waals surface area contributed by atoms with Crippen LogP contribution in [-0.2, 0) is 4.79 Å². The second kappa shape index (κ2) is 10.3. The third-order valence-electron chi connectivity index (χ3n) is 7.28. The van der Waals surface area contributed by atoms with Crippen molar-refractivity contribution in [1.29, 1.82) is 0 Å². The number of aromatic amines is 1. The first-order valence-corrected chi connectivity index (χ1v) is 13.0. The Morgan fingerprint density at radius 2 is 1.82 bits per heavy atom. The van der Waals surface area contributed by atoms with E-state index in [4.69, 9.17) is 0 Å². The van der Waals surface area contributed by atoms with Gasteiger partial charge in [-0.05, 0) is 75.5 Å². The van der Waals surface area contributed by atoms with E-state index in [1.165, 1.54) is 18.5 Å². The highest BCUT2D eigenvalue weighted by Gasteiger charge is 2.49. The number of nitrogens with zero attached hydrogens (tertiary/aromatic N) is 4. The van der Waals surface area contributed by atoms with Crippen molar-refractivity contribution in [3.8, 4) is 0 Å². The largest absolute Gasteiger partial charge is 0.413 e. The Morgan fingerprint density at radius 1 is 1.13 bits per heavy atom. The number of nitrogens with one attached hydrogen (secondary N) is 3. The minimum Gasteiger partial charge on any atom is -0.339 e. The minimum absolute atomic E-state index is 0.0712. The molecule has 2 unspecified atom stereocenters. The van der Waals surface area contributed by atoms with E-state index < -0.39 is 41.2 Å². The zero-order chi connectivity index (χ0) is 27.9. The highest BCUT2D eigenvalue weighted by atomic mass is 19.4. The van der Waals surface area contributed by atoms with E-state index in [0.29, 0.717) is 17.5 Å². The Morgan fingerprint density at radius 3 is 2.41 bits per heavy atom. The van der Waals surface area contributed by atoms with E-state index in [0.717, 1.165) is 48.8 Å². The third-order valence-corrected chi connectivity index (χ3v) is 7.28. The van der Waals surface area contributed by atoms with Crippen molar-refractivity contribution in [2.45, 2.75) is 63.8 Å². The number of anilines is 1. The highest BCUT2D eigenvalue weighted by molar-refractivity contribution is 6.00. The van der Waals surface area contributed by atoms with Gasteiger partial charge in [-0.2, -0.15) is 18.3 Å². The summed E-state index contributed by atoms with van der Waals surface area (Å²) in [5, 5.41) is 9.69. The van der Waals surface area contributed by atoms with Gasteiger partial charge in [0.15, 0.2) is 11.9 Å². The van der Waals surface area contributed by atoms with E-state index >= 15 is 0 Å². The van der Waals surface area contributed by atoms with Gasteiger partial charge in [0.05, 0.1) is 6.33 Å². The number of carbonyl (C=O) groups excluding carboxylic acids is 2. The van der Waals surface area contributed by atoms with Crippen molar-refractivity contribution < 1.29 is 22.8 Å². The SMILES string of the molecule is CC(C)n1nccc1C(=O)NC(C(=O)Nc1cn(C(c2ccc[nH]c2=O)C(F)(F)F)cn1)C(C1CC1)C1CC1. The van der Waals surface area contributed by atoms with Crippen LogP contribution in [0.25, 0.3) is 0 Å². The maximum atomic E-state index is 14.0. The molecule has 2 amide bonds. The van der Waals surface area contributed by atoms with Crippen LogP contribution in [-0.4, -0.2) is 48.3 Å². The lowest BCUT2D eigenvalue weighted by molar-refractivity contribution is -0.157. The summed E-state index contributed by atoms with van der Waals surface area (Å²) in [6.07, 6.45) is 3.76. The summed E-state index contributed by atoms with van der Waals surface area (Å²) >= 11 is 0. The fourth-order valence-corrected chi connectivity index (χ4v) is 5.25. The van der Waals surface area contributed by atoms with Crippen LogP contribution >= 0.6 is 0 Å². The number of hydrogen-bond acceptors (Lipinski definition) is 5. The molecule has 3 heterocycles. The van der Waals surface area contributed by atoms with Crippen LogP contribution < -0.4 is 16.2 Å². The van der Waals surface area contributed by atoms with E-state index in [-0.39, 0.29) is 17.8 Å². The van der Waals surface area contributed by atoms with E-state index in [2.05, 4.69) is 25.7 Å². The van der Waals surface area contributed by atoms with Crippen molar-refractivity contribution in [3.63, 3.8) is 0 Å². The molecule has 2 fully saturated rings. The van der Waals surface area contributed by atoms with Crippen LogP contribution in [0.1, 0.15) is 67.7 Å². The molecule has 2 atom stereocenters. The molecule has 13 heteroatoms. The van der Waals surface area contributed by atoms with Crippen LogP contribution in [0.4, 0.5) is 19.0 Å². The van der Waals surface area contributed by atoms with Crippen LogP contribution in [0.15, 0.2) is 47.9 Å². The van der Waals surface area contributed by atoms with Gasteiger partial charge >= 0.3 is 6.18 Å². The van der Waals surface area contributed by atoms with Gasteiger partial charge in [-0.15, -0.1) is 0 Å². The summed E-state index contributed by atoms with van der Waals surface area (Å²) in [6, 6.07) is 0.726. The number of aromatic nitrogens is 5. The lowest BCUT2D eigenvalue weighted by atomic mass is 9.88. The molecule has 0 bridgehead atoms. The van der Waals surface area contributed by atoms with E-state index in [1.54, 1.807) is 10.7 Å². The molecule has 2 aliphatic carbocycles. The molecule has 10 nitrogen and oxygen atoms in total. The summed E-state index contributed by atoms with van der Waals surface area (Å²) in [5.41, 5.74) is -1.06. The second-order valence-corrected chi connectivity index (χ2v) is 10.6. The van der Waals surface area contributed by atoms with Crippen LogP contribution in [0.5, 0.6) is 0 Å². The molecule has 3 N–H and O–H groups in total. The second-order valence-electron chi connectivity index (χ2n) is 10.6. The molecule has 0 saturated heterocycles. The lowest BCUT2D eigenvalue weighted by Crippen LogP contribution is -2.50. The number of alkyl halides is 3. The average molecular weight is 546 g/mol. The smallest absolute Gasteiger partial charge is 0.339 e. The normalized spacial score (nSPS) is 17.3. The molecule has 3 aromatic heterocycles.